The number of aromatic nitrogens is 3. The van der Waals surface area contributed by atoms with Gasteiger partial charge in [0, 0.05) is 68.4 Å². The molecule has 2 aromatic heterocycles. The van der Waals surface area contributed by atoms with Crippen LogP contribution in [-0.4, -0.2) is 45.4 Å². The molecule has 2 N–H and O–H groups in total. The van der Waals surface area contributed by atoms with Gasteiger partial charge < -0.3 is 19.9 Å². The van der Waals surface area contributed by atoms with Gasteiger partial charge in [-0.2, -0.15) is 0 Å². The summed E-state index contributed by atoms with van der Waals surface area (Å²) in [6, 6.07) is 11.3. The molecule has 2 aromatic carbocycles. The van der Waals surface area contributed by atoms with Crippen LogP contribution in [0.5, 0.6) is 5.75 Å². The van der Waals surface area contributed by atoms with Crippen molar-refractivity contribution in [1.29, 1.82) is 0 Å². The first kappa shape index (κ1) is 21.9. The van der Waals surface area contributed by atoms with Crippen LogP contribution in [0.15, 0.2) is 65.8 Å². The molecule has 0 unspecified atom stereocenters. The lowest BCUT2D eigenvalue weighted by molar-refractivity contribution is 0.120. The maximum Gasteiger partial charge on any atom is 0.332 e. The van der Waals surface area contributed by atoms with Gasteiger partial charge in [-0.05, 0) is 47.5 Å². The van der Waals surface area contributed by atoms with Crippen molar-refractivity contribution in [2.24, 2.45) is 12.5 Å². The second kappa shape index (κ2) is 7.96. The average Bonchev–Trinajstić information content (AvgIpc) is 3.11. The number of rotatable bonds is 4. The maximum atomic E-state index is 14.7. The summed E-state index contributed by atoms with van der Waals surface area (Å²) < 4.78 is 17.6. The van der Waals surface area contributed by atoms with Crippen LogP contribution in [0.1, 0.15) is 0 Å². The highest BCUT2D eigenvalue weighted by atomic mass is 35.5. The van der Waals surface area contributed by atoms with E-state index in [1.54, 1.807) is 49.9 Å². The van der Waals surface area contributed by atoms with E-state index in [2.05, 4.69) is 15.2 Å². The van der Waals surface area contributed by atoms with Crippen molar-refractivity contribution in [2.45, 2.75) is 0 Å². The summed E-state index contributed by atoms with van der Waals surface area (Å²) in [4.78, 5) is 19.0. The topological polar surface area (TPSA) is 75.3 Å². The molecule has 2 aliphatic heterocycles. The summed E-state index contributed by atoms with van der Waals surface area (Å²) in [5, 5.41) is 14.8. The third kappa shape index (κ3) is 3.61. The fraction of sp³-hybridized carbons (Fsp3) is 0.231. The first-order valence-electron chi connectivity index (χ1n) is 11.3. The number of halogens is 2. The predicted octanol–water partition coefficient (Wildman–Crippen LogP) is 3.81. The van der Waals surface area contributed by atoms with Crippen molar-refractivity contribution in [3.63, 3.8) is 0 Å². The number of aromatic hydroxyl groups is 1. The normalized spacial score (nSPS) is 16.3. The summed E-state index contributed by atoms with van der Waals surface area (Å²) >= 11 is 6.50. The van der Waals surface area contributed by atoms with Gasteiger partial charge in [-0.3, -0.25) is 4.57 Å². The van der Waals surface area contributed by atoms with E-state index in [1.807, 2.05) is 6.07 Å². The number of hydrogen-bond donors (Lipinski definition) is 2. The zero-order valence-corrected chi connectivity index (χ0v) is 19.8. The van der Waals surface area contributed by atoms with E-state index in [4.69, 9.17) is 11.6 Å². The van der Waals surface area contributed by atoms with Crippen molar-refractivity contribution in [1.82, 2.24) is 19.4 Å². The molecular formula is C26H23ClFN5O2. The minimum absolute atomic E-state index is 0.0486. The first-order chi connectivity index (χ1) is 16.8. The summed E-state index contributed by atoms with van der Waals surface area (Å²) in [6.07, 6.45) is 4.95. The van der Waals surface area contributed by atoms with Gasteiger partial charge >= 0.3 is 5.69 Å². The molecule has 0 aliphatic carbocycles. The van der Waals surface area contributed by atoms with Gasteiger partial charge in [-0.25, -0.2) is 14.2 Å². The number of aryl methyl sites for hydroxylation is 1. The average molecular weight is 492 g/mol. The Bertz CT molecular complexity index is 1520. The summed E-state index contributed by atoms with van der Waals surface area (Å²) in [7, 11) is 1.66. The van der Waals surface area contributed by atoms with Gasteiger partial charge in [0.2, 0.25) is 0 Å². The van der Waals surface area contributed by atoms with E-state index in [9.17, 15) is 14.3 Å². The third-order valence-electron chi connectivity index (χ3n) is 6.97. The van der Waals surface area contributed by atoms with Crippen LogP contribution in [0.4, 0.5) is 10.2 Å². The zero-order valence-electron chi connectivity index (χ0n) is 19.0. The summed E-state index contributed by atoms with van der Waals surface area (Å²) in [5.74, 6) is 0.285. The Morgan fingerprint density at radius 1 is 1.06 bits per heavy atom. The standard InChI is InChI=1S/C26H23ClFN5O2/c1-31-6-7-33(25(31)35)22-3-2-16(8-21(22)27)19-10-18(28)11-20(24(19)34)17-4-5-30-23(9-17)32-14-26(15-32)12-29-13-26/h2-11,29,34H,12-15H2,1H3. The predicted molar refractivity (Wildman–Crippen MR) is 134 cm³/mol. The molecule has 0 bridgehead atoms. The van der Waals surface area contributed by atoms with Crippen LogP contribution in [0.25, 0.3) is 27.9 Å². The van der Waals surface area contributed by atoms with E-state index in [1.165, 1.54) is 21.3 Å². The Morgan fingerprint density at radius 3 is 2.37 bits per heavy atom. The van der Waals surface area contributed by atoms with E-state index in [0.717, 1.165) is 32.0 Å². The SMILES string of the molecule is Cn1ccn(-c2ccc(-c3cc(F)cc(-c4ccnc(N5CC6(CNC6)C5)c4)c3O)cc2Cl)c1=O. The van der Waals surface area contributed by atoms with Gasteiger partial charge in [0.05, 0.1) is 10.7 Å². The number of anilines is 1. The largest absolute Gasteiger partial charge is 0.507 e. The summed E-state index contributed by atoms with van der Waals surface area (Å²) in [6.45, 7) is 3.92. The number of phenols is 1. The maximum absolute atomic E-state index is 14.7. The molecule has 178 valence electrons. The lowest BCUT2D eigenvalue weighted by atomic mass is 9.74. The molecule has 35 heavy (non-hydrogen) atoms. The number of nitrogens with one attached hydrogen (secondary N) is 1. The number of hydrogen-bond acceptors (Lipinski definition) is 5. The smallest absolute Gasteiger partial charge is 0.332 e. The van der Waals surface area contributed by atoms with Crippen LogP contribution in [0.3, 0.4) is 0 Å². The molecule has 4 aromatic rings. The molecule has 2 fully saturated rings. The Labute approximate surface area is 206 Å². The molecule has 2 saturated heterocycles. The van der Waals surface area contributed by atoms with Crippen LogP contribution < -0.4 is 15.9 Å². The Morgan fingerprint density at radius 2 is 1.77 bits per heavy atom. The molecule has 6 rings (SSSR count). The molecule has 4 heterocycles. The zero-order chi connectivity index (χ0) is 24.3. The van der Waals surface area contributed by atoms with Crippen molar-refractivity contribution in [2.75, 3.05) is 31.1 Å². The quantitative estimate of drug-likeness (QED) is 0.454. The molecule has 0 amide bonds. The van der Waals surface area contributed by atoms with E-state index in [0.29, 0.717) is 38.4 Å². The summed E-state index contributed by atoms with van der Waals surface area (Å²) in [5.41, 5.74) is 2.54. The molecule has 0 atom stereocenters. The third-order valence-corrected chi connectivity index (χ3v) is 7.28. The van der Waals surface area contributed by atoms with Crippen molar-refractivity contribution in [3.8, 4) is 33.7 Å². The fourth-order valence-corrected chi connectivity index (χ4v) is 5.21. The lowest BCUT2D eigenvalue weighted by Gasteiger charge is -2.56. The van der Waals surface area contributed by atoms with Gasteiger partial charge in [-0.15, -0.1) is 0 Å². The lowest BCUT2D eigenvalue weighted by Crippen LogP contribution is -2.71. The van der Waals surface area contributed by atoms with E-state index >= 15 is 0 Å². The number of benzene rings is 2. The van der Waals surface area contributed by atoms with Gasteiger partial charge in [0.15, 0.2) is 0 Å². The number of phenolic OH excluding ortho intramolecular Hbond substituents is 1. The van der Waals surface area contributed by atoms with Crippen molar-refractivity contribution >= 4 is 17.4 Å². The first-order valence-corrected chi connectivity index (χ1v) is 11.7. The molecule has 7 nitrogen and oxygen atoms in total. The van der Waals surface area contributed by atoms with Crippen molar-refractivity contribution < 1.29 is 9.50 Å². The van der Waals surface area contributed by atoms with E-state index < -0.39 is 5.82 Å². The van der Waals surface area contributed by atoms with Crippen LogP contribution in [0.2, 0.25) is 5.02 Å². The van der Waals surface area contributed by atoms with Crippen LogP contribution in [0, 0.1) is 11.2 Å². The Kier molecular flexibility index (Phi) is 4.98. The minimum atomic E-state index is -0.478. The number of pyridine rings is 1. The van der Waals surface area contributed by atoms with Crippen molar-refractivity contribution in [3.05, 3.63) is 82.4 Å². The number of nitrogens with zero attached hydrogens (tertiary/aromatic N) is 4. The monoisotopic (exact) mass is 491 g/mol. The Balaban J connectivity index is 1.36. The fourth-order valence-electron chi connectivity index (χ4n) is 4.94. The van der Waals surface area contributed by atoms with E-state index in [-0.39, 0.29) is 11.4 Å². The highest BCUT2D eigenvalue weighted by Gasteiger charge is 2.47. The molecule has 0 saturated carbocycles. The highest BCUT2D eigenvalue weighted by molar-refractivity contribution is 6.32. The second-order valence-electron chi connectivity index (χ2n) is 9.44. The van der Waals surface area contributed by atoms with Crippen LogP contribution in [-0.2, 0) is 7.05 Å². The highest BCUT2D eigenvalue weighted by Crippen LogP contribution is 2.42. The molecule has 1 spiro atoms. The van der Waals surface area contributed by atoms with Gasteiger partial charge in [0.25, 0.3) is 0 Å². The second-order valence-corrected chi connectivity index (χ2v) is 9.85. The van der Waals surface area contributed by atoms with Gasteiger partial charge in [0.1, 0.15) is 17.4 Å². The Hall–Kier alpha value is -3.62. The van der Waals surface area contributed by atoms with Gasteiger partial charge in [-0.1, -0.05) is 17.7 Å². The molecule has 9 heteroatoms. The number of imidazole rings is 1. The molecule has 2 aliphatic rings. The van der Waals surface area contributed by atoms with Crippen LogP contribution >= 0.6 is 11.6 Å². The molecular weight excluding hydrogens is 469 g/mol. The molecule has 0 radical (unpaired) electrons. The minimum Gasteiger partial charge on any atom is -0.507 e.